The van der Waals surface area contributed by atoms with Gasteiger partial charge in [-0.15, -0.1) is 0 Å². The highest BCUT2D eigenvalue weighted by Crippen LogP contribution is 2.21. The van der Waals surface area contributed by atoms with Crippen LogP contribution >= 0.6 is 0 Å². The predicted octanol–water partition coefficient (Wildman–Crippen LogP) is 2.64. The van der Waals surface area contributed by atoms with Gasteiger partial charge in [-0.1, -0.05) is 12.1 Å². The summed E-state index contributed by atoms with van der Waals surface area (Å²) in [6, 6.07) is 10.2. The lowest BCUT2D eigenvalue weighted by Crippen LogP contribution is -2.14. The first kappa shape index (κ1) is 14.6. The Kier molecular flexibility index (Phi) is 5.21. The van der Waals surface area contributed by atoms with Crippen molar-refractivity contribution in [1.82, 2.24) is 10.2 Å². The van der Waals surface area contributed by atoms with Gasteiger partial charge in [0.05, 0.1) is 19.9 Å². The van der Waals surface area contributed by atoms with Crippen LogP contribution in [0.25, 0.3) is 0 Å². The zero-order valence-corrected chi connectivity index (χ0v) is 12.3. The lowest BCUT2D eigenvalue weighted by atomic mass is 10.1. The normalized spacial score (nSPS) is 11.0. The molecule has 1 aromatic heterocycles. The van der Waals surface area contributed by atoms with Crippen LogP contribution in [-0.2, 0) is 19.6 Å². The van der Waals surface area contributed by atoms with Crippen molar-refractivity contribution in [3.63, 3.8) is 0 Å². The van der Waals surface area contributed by atoms with Gasteiger partial charge in [0.1, 0.15) is 11.5 Å². The second-order valence-electron chi connectivity index (χ2n) is 5.07. The molecule has 0 bridgehead atoms. The molecule has 4 heteroatoms. The number of ether oxygens (including phenoxy) is 1. The van der Waals surface area contributed by atoms with E-state index in [0.29, 0.717) is 0 Å². The molecule has 0 aliphatic rings. The lowest BCUT2D eigenvalue weighted by molar-refractivity contribution is 0.392. The highest BCUT2D eigenvalue weighted by Gasteiger charge is 2.05. The minimum atomic E-state index is 0.718. The molecule has 0 saturated carbocycles. The summed E-state index contributed by atoms with van der Waals surface area (Å²) in [4.78, 5) is 2.14. The minimum Gasteiger partial charge on any atom is -0.496 e. The van der Waals surface area contributed by atoms with Crippen LogP contribution in [0.1, 0.15) is 16.9 Å². The molecule has 2 aromatic rings. The third kappa shape index (κ3) is 4.11. The van der Waals surface area contributed by atoms with Gasteiger partial charge < -0.3 is 19.4 Å². The van der Waals surface area contributed by atoms with E-state index in [2.05, 4.69) is 42.5 Å². The third-order valence-electron chi connectivity index (χ3n) is 3.05. The SMILES string of the molecule is COc1cc(CN(C)C)ccc1CNCc1ccco1. The molecule has 0 amide bonds. The van der Waals surface area contributed by atoms with Crippen molar-refractivity contribution in [3.05, 3.63) is 53.5 Å². The van der Waals surface area contributed by atoms with Gasteiger partial charge in [0.15, 0.2) is 0 Å². The van der Waals surface area contributed by atoms with Crippen LogP contribution in [0.5, 0.6) is 5.75 Å². The molecule has 0 aliphatic carbocycles. The number of benzene rings is 1. The zero-order valence-electron chi connectivity index (χ0n) is 12.3. The van der Waals surface area contributed by atoms with E-state index in [1.165, 1.54) is 5.56 Å². The summed E-state index contributed by atoms with van der Waals surface area (Å²) in [5, 5.41) is 3.35. The van der Waals surface area contributed by atoms with E-state index in [0.717, 1.165) is 36.7 Å². The summed E-state index contributed by atoms with van der Waals surface area (Å²) in [5.74, 6) is 1.87. The van der Waals surface area contributed by atoms with E-state index in [1.54, 1.807) is 13.4 Å². The van der Waals surface area contributed by atoms with Crippen LogP contribution in [0.3, 0.4) is 0 Å². The van der Waals surface area contributed by atoms with Gasteiger partial charge in [-0.25, -0.2) is 0 Å². The van der Waals surface area contributed by atoms with Gasteiger partial charge in [-0.3, -0.25) is 0 Å². The maximum atomic E-state index is 5.47. The molecule has 1 N–H and O–H groups in total. The first-order valence-corrected chi connectivity index (χ1v) is 6.72. The monoisotopic (exact) mass is 274 g/mol. The lowest BCUT2D eigenvalue weighted by Gasteiger charge is -2.14. The molecular formula is C16H22N2O2. The number of hydrogen-bond acceptors (Lipinski definition) is 4. The molecule has 0 spiro atoms. The largest absolute Gasteiger partial charge is 0.496 e. The van der Waals surface area contributed by atoms with Crippen molar-refractivity contribution in [2.45, 2.75) is 19.6 Å². The summed E-state index contributed by atoms with van der Waals surface area (Å²) in [5.41, 5.74) is 2.41. The summed E-state index contributed by atoms with van der Waals surface area (Å²) in [6.07, 6.45) is 1.69. The van der Waals surface area contributed by atoms with E-state index >= 15 is 0 Å². The van der Waals surface area contributed by atoms with Gasteiger partial charge >= 0.3 is 0 Å². The smallest absolute Gasteiger partial charge is 0.123 e. The topological polar surface area (TPSA) is 37.6 Å². The highest BCUT2D eigenvalue weighted by molar-refractivity contribution is 5.37. The Balaban J connectivity index is 1.96. The second kappa shape index (κ2) is 7.12. The van der Waals surface area contributed by atoms with E-state index in [1.807, 2.05) is 12.1 Å². The Bertz CT molecular complexity index is 521. The molecular weight excluding hydrogens is 252 g/mol. The Labute approximate surface area is 120 Å². The molecule has 0 fully saturated rings. The van der Waals surface area contributed by atoms with E-state index in [-0.39, 0.29) is 0 Å². The fraction of sp³-hybridized carbons (Fsp3) is 0.375. The average Bonchev–Trinajstić information content (AvgIpc) is 2.92. The maximum absolute atomic E-state index is 5.47. The Morgan fingerprint density at radius 2 is 2.05 bits per heavy atom. The molecule has 4 nitrogen and oxygen atoms in total. The molecule has 1 heterocycles. The quantitative estimate of drug-likeness (QED) is 0.842. The Morgan fingerprint density at radius 1 is 1.20 bits per heavy atom. The van der Waals surface area contributed by atoms with Crippen LogP contribution < -0.4 is 10.1 Å². The zero-order chi connectivity index (χ0) is 14.4. The van der Waals surface area contributed by atoms with Gasteiger partial charge in [0.2, 0.25) is 0 Å². The standard InChI is InChI=1S/C16H22N2O2/c1-18(2)12-13-6-7-14(16(9-13)19-3)10-17-11-15-5-4-8-20-15/h4-9,17H,10-12H2,1-3H3. The number of furan rings is 1. The van der Waals surface area contributed by atoms with Crippen LogP contribution in [0.4, 0.5) is 0 Å². The number of nitrogens with zero attached hydrogens (tertiary/aromatic N) is 1. The molecule has 20 heavy (non-hydrogen) atoms. The van der Waals surface area contributed by atoms with Crippen LogP contribution in [0.15, 0.2) is 41.0 Å². The van der Waals surface area contributed by atoms with Gasteiger partial charge in [-0.2, -0.15) is 0 Å². The minimum absolute atomic E-state index is 0.718. The fourth-order valence-corrected chi connectivity index (χ4v) is 2.13. The summed E-state index contributed by atoms with van der Waals surface area (Å²) < 4.78 is 10.8. The average molecular weight is 274 g/mol. The molecule has 1 aromatic carbocycles. The van der Waals surface area contributed by atoms with Gasteiger partial charge in [0.25, 0.3) is 0 Å². The van der Waals surface area contributed by atoms with Crippen molar-refractivity contribution in [3.8, 4) is 5.75 Å². The second-order valence-corrected chi connectivity index (χ2v) is 5.07. The predicted molar refractivity (Wildman–Crippen MR) is 79.6 cm³/mol. The van der Waals surface area contributed by atoms with Crippen molar-refractivity contribution in [2.24, 2.45) is 0 Å². The molecule has 2 rings (SSSR count). The van der Waals surface area contributed by atoms with E-state index in [4.69, 9.17) is 9.15 Å². The van der Waals surface area contributed by atoms with Gasteiger partial charge in [0, 0.05) is 18.7 Å². The molecule has 0 atom stereocenters. The molecule has 0 unspecified atom stereocenters. The molecule has 0 aliphatic heterocycles. The Morgan fingerprint density at radius 3 is 2.70 bits per heavy atom. The number of nitrogens with one attached hydrogen (secondary N) is 1. The number of rotatable bonds is 7. The Hall–Kier alpha value is -1.78. The van der Waals surface area contributed by atoms with Crippen molar-refractivity contribution in [1.29, 1.82) is 0 Å². The van der Waals surface area contributed by atoms with Crippen molar-refractivity contribution >= 4 is 0 Å². The summed E-state index contributed by atoms with van der Waals surface area (Å²) in [6.45, 7) is 2.39. The third-order valence-corrected chi connectivity index (χ3v) is 3.05. The van der Waals surface area contributed by atoms with Crippen LogP contribution in [0, 0.1) is 0 Å². The molecule has 108 valence electrons. The number of methoxy groups -OCH3 is 1. The van der Waals surface area contributed by atoms with E-state index in [9.17, 15) is 0 Å². The fourth-order valence-electron chi connectivity index (χ4n) is 2.13. The summed E-state index contributed by atoms with van der Waals surface area (Å²) in [7, 11) is 5.83. The maximum Gasteiger partial charge on any atom is 0.123 e. The van der Waals surface area contributed by atoms with Gasteiger partial charge in [-0.05, 0) is 37.9 Å². The summed E-state index contributed by atoms with van der Waals surface area (Å²) >= 11 is 0. The van der Waals surface area contributed by atoms with Crippen molar-refractivity contribution in [2.75, 3.05) is 21.2 Å². The van der Waals surface area contributed by atoms with E-state index < -0.39 is 0 Å². The van der Waals surface area contributed by atoms with Crippen molar-refractivity contribution < 1.29 is 9.15 Å². The molecule has 0 saturated heterocycles. The highest BCUT2D eigenvalue weighted by atomic mass is 16.5. The van der Waals surface area contributed by atoms with Crippen LogP contribution in [0.2, 0.25) is 0 Å². The van der Waals surface area contributed by atoms with Crippen LogP contribution in [-0.4, -0.2) is 26.1 Å². The molecule has 0 radical (unpaired) electrons. The first-order valence-electron chi connectivity index (χ1n) is 6.72. The first-order chi connectivity index (χ1) is 9.69. The number of hydrogen-bond donors (Lipinski definition) is 1.